The maximum absolute atomic E-state index is 11.2. The first-order chi connectivity index (χ1) is 7.48. The second kappa shape index (κ2) is 4.01. The topological polar surface area (TPSA) is 77.2 Å². The van der Waals surface area contributed by atoms with Gasteiger partial charge in [0.15, 0.2) is 17.4 Å². The minimum absolute atomic E-state index is 0.0247. The zero-order valence-corrected chi connectivity index (χ0v) is 9.79. The quantitative estimate of drug-likeness (QED) is 0.729. The first-order valence-corrected chi connectivity index (χ1v) is 6.97. The zero-order valence-electron chi connectivity index (χ0n) is 8.97. The van der Waals surface area contributed by atoms with Gasteiger partial charge in [0.05, 0.1) is 17.7 Å². The third-order valence-electron chi connectivity index (χ3n) is 2.77. The molecule has 0 bridgehead atoms. The number of ketones is 1. The molecule has 0 radical (unpaired) electrons. The van der Waals surface area contributed by atoms with E-state index in [4.69, 9.17) is 4.42 Å². The van der Waals surface area contributed by atoms with Gasteiger partial charge in [-0.25, -0.2) is 13.4 Å². The Morgan fingerprint density at radius 2 is 2.06 bits per heavy atom. The molecular formula is C10H13NO4S. The van der Waals surface area contributed by atoms with E-state index in [-0.39, 0.29) is 29.0 Å². The minimum Gasteiger partial charge on any atom is -0.437 e. The summed E-state index contributed by atoms with van der Waals surface area (Å²) in [6.07, 6.45) is 2.46. The molecule has 2 rings (SSSR count). The molecule has 6 heteroatoms. The predicted octanol–water partition coefficient (Wildman–Crippen LogP) is 1.17. The number of rotatable bonds is 2. The highest BCUT2D eigenvalue weighted by molar-refractivity contribution is 7.91. The van der Waals surface area contributed by atoms with Gasteiger partial charge >= 0.3 is 0 Å². The Morgan fingerprint density at radius 1 is 1.44 bits per heavy atom. The molecule has 0 amide bonds. The van der Waals surface area contributed by atoms with Gasteiger partial charge in [0.25, 0.3) is 0 Å². The molecule has 5 nitrogen and oxygen atoms in total. The summed E-state index contributed by atoms with van der Waals surface area (Å²) >= 11 is 0. The molecule has 1 saturated heterocycles. The van der Waals surface area contributed by atoms with E-state index in [2.05, 4.69) is 4.98 Å². The molecule has 1 aromatic heterocycles. The van der Waals surface area contributed by atoms with Crippen molar-refractivity contribution in [3.63, 3.8) is 0 Å². The van der Waals surface area contributed by atoms with E-state index in [1.807, 2.05) is 0 Å². The van der Waals surface area contributed by atoms with Gasteiger partial charge in [0.2, 0.25) is 0 Å². The van der Waals surface area contributed by atoms with E-state index < -0.39 is 9.84 Å². The predicted molar refractivity (Wildman–Crippen MR) is 57.1 cm³/mol. The summed E-state index contributed by atoms with van der Waals surface area (Å²) in [6, 6.07) is 0. The SMILES string of the molecule is CC(=O)c1cnc(C2CCS(=O)(=O)CC2)o1. The number of aromatic nitrogens is 1. The second-order valence-corrected chi connectivity index (χ2v) is 6.35. The van der Waals surface area contributed by atoms with Crippen LogP contribution in [0.5, 0.6) is 0 Å². The van der Waals surface area contributed by atoms with Crippen molar-refractivity contribution in [2.24, 2.45) is 0 Å². The van der Waals surface area contributed by atoms with Crippen molar-refractivity contribution in [2.45, 2.75) is 25.7 Å². The molecule has 1 aromatic rings. The van der Waals surface area contributed by atoms with Crippen LogP contribution in [0.1, 0.15) is 42.1 Å². The molecule has 1 aliphatic heterocycles. The highest BCUT2D eigenvalue weighted by Gasteiger charge is 2.28. The zero-order chi connectivity index (χ0) is 11.8. The van der Waals surface area contributed by atoms with Gasteiger partial charge in [-0.3, -0.25) is 4.79 Å². The summed E-state index contributed by atoms with van der Waals surface area (Å²) in [7, 11) is -2.87. The monoisotopic (exact) mass is 243 g/mol. The molecule has 1 aliphatic rings. The number of sulfone groups is 1. The average molecular weight is 243 g/mol. The Bertz CT molecular complexity index is 489. The molecule has 0 atom stereocenters. The average Bonchev–Trinajstić information content (AvgIpc) is 2.66. The normalized spacial score (nSPS) is 20.8. The third-order valence-corrected chi connectivity index (χ3v) is 4.49. The number of hydrogen-bond acceptors (Lipinski definition) is 5. The summed E-state index contributed by atoms with van der Waals surface area (Å²) < 4.78 is 27.8. The molecule has 0 saturated carbocycles. The number of carbonyl (C=O) groups is 1. The highest BCUT2D eigenvalue weighted by atomic mass is 32.2. The van der Waals surface area contributed by atoms with Crippen LogP contribution in [0, 0.1) is 0 Å². The second-order valence-electron chi connectivity index (χ2n) is 4.05. The molecular weight excluding hydrogens is 230 g/mol. The van der Waals surface area contributed by atoms with E-state index >= 15 is 0 Å². The van der Waals surface area contributed by atoms with Crippen LogP contribution >= 0.6 is 0 Å². The van der Waals surface area contributed by atoms with E-state index in [1.165, 1.54) is 13.1 Å². The van der Waals surface area contributed by atoms with Gasteiger partial charge in [0, 0.05) is 12.8 Å². The van der Waals surface area contributed by atoms with Crippen molar-refractivity contribution in [3.05, 3.63) is 17.8 Å². The van der Waals surface area contributed by atoms with Crippen LogP contribution < -0.4 is 0 Å². The van der Waals surface area contributed by atoms with Gasteiger partial charge in [-0.1, -0.05) is 0 Å². The molecule has 1 fully saturated rings. The number of Topliss-reactive ketones (excluding diaryl/α,β-unsaturated/α-hetero) is 1. The lowest BCUT2D eigenvalue weighted by molar-refractivity contribution is 0.0984. The van der Waals surface area contributed by atoms with Crippen LogP contribution in [-0.2, 0) is 9.84 Å². The van der Waals surface area contributed by atoms with Gasteiger partial charge in [0.1, 0.15) is 9.84 Å². The van der Waals surface area contributed by atoms with Crippen molar-refractivity contribution in [2.75, 3.05) is 11.5 Å². The lowest BCUT2D eigenvalue weighted by Gasteiger charge is -2.18. The molecule has 0 spiro atoms. The fourth-order valence-corrected chi connectivity index (χ4v) is 3.27. The van der Waals surface area contributed by atoms with Gasteiger partial charge < -0.3 is 4.42 Å². The van der Waals surface area contributed by atoms with Crippen molar-refractivity contribution < 1.29 is 17.6 Å². The van der Waals surface area contributed by atoms with Crippen molar-refractivity contribution in [3.8, 4) is 0 Å². The summed E-state index contributed by atoms with van der Waals surface area (Å²) in [5.74, 6) is 0.938. The van der Waals surface area contributed by atoms with E-state index in [0.717, 1.165) is 0 Å². The summed E-state index contributed by atoms with van der Waals surface area (Å²) in [5, 5.41) is 0. The molecule has 0 unspecified atom stereocenters. The van der Waals surface area contributed by atoms with Crippen LogP contribution in [0.2, 0.25) is 0 Å². The Labute approximate surface area is 93.8 Å². The first-order valence-electron chi connectivity index (χ1n) is 5.15. The standard InChI is InChI=1S/C10H13NO4S/c1-7(12)9-6-11-10(15-9)8-2-4-16(13,14)5-3-8/h6,8H,2-5H2,1H3. The first kappa shape index (κ1) is 11.3. The highest BCUT2D eigenvalue weighted by Crippen LogP contribution is 2.28. The lowest BCUT2D eigenvalue weighted by Crippen LogP contribution is -2.22. The van der Waals surface area contributed by atoms with Crippen LogP contribution in [0.25, 0.3) is 0 Å². The summed E-state index contributed by atoms with van der Waals surface area (Å²) in [6.45, 7) is 1.41. The van der Waals surface area contributed by atoms with E-state index in [9.17, 15) is 13.2 Å². The largest absolute Gasteiger partial charge is 0.437 e. The molecule has 2 heterocycles. The van der Waals surface area contributed by atoms with Crippen LogP contribution in [0.15, 0.2) is 10.6 Å². The molecule has 0 N–H and O–H groups in total. The molecule has 0 aromatic carbocycles. The Balaban J connectivity index is 2.11. The minimum atomic E-state index is -2.87. The van der Waals surface area contributed by atoms with Crippen LogP contribution in [-0.4, -0.2) is 30.7 Å². The number of oxazole rings is 1. The number of hydrogen-bond donors (Lipinski definition) is 0. The Kier molecular flexibility index (Phi) is 2.84. The summed E-state index contributed by atoms with van der Waals surface area (Å²) in [4.78, 5) is 15.0. The summed E-state index contributed by atoms with van der Waals surface area (Å²) in [5.41, 5.74) is 0. The third kappa shape index (κ3) is 2.32. The van der Waals surface area contributed by atoms with E-state index in [1.54, 1.807) is 0 Å². The van der Waals surface area contributed by atoms with Crippen LogP contribution in [0.3, 0.4) is 0 Å². The van der Waals surface area contributed by atoms with Crippen molar-refractivity contribution >= 4 is 15.6 Å². The fourth-order valence-electron chi connectivity index (χ4n) is 1.78. The van der Waals surface area contributed by atoms with Crippen LogP contribution in [0.4, 0.5) is 0 Å². The van der Waals surface area contributed by atoms with Gasteiger partial charge in [-0.05, 0) is 12.8 Å². The van der Waals surface area contributed by atoms with Crippen molar-refractivity contribution in [1.29, 1.82) is 0 Å². The molecule has 88 valence electrons. The smallest absolute Gasteiger partial charge is 0.198 e. The maximum atomic E-state index is 11.2. The molecule has 0 aliphatic carbocycles. The Hall–Kier alpha value is -1.17. The number of carbonyl (C=O) groups excluding carboxylic acids is 1. The van der Waals surface area contributed by atoms with Crippen molar-refractivity contribution in [1.82, 2.24) is 4.98 Å². The van der Waals surface area contributed by atoms with Gasteiger partial charge in [-0.2, -0.15) is 0 Å². The molecule has 16 heavy (non-hydrogen) atoms. The fraction of sp³-hybridized carbons (Fsp3) is 0.600. The maximum Gasteiger partial charge on any atom is 0.198 e. The van der Waals surface area contributed by atoms with E-state index in [0.29, 0.717) is 18.7 Å². The van der Waals surface area contributed by atoms with Gasteiger partial charge in [-0.15, -0.1) is 0 Å². The lowest BCUT2D eigenvalue weighted by atomic mass is 10.0. The Morgan fingerprint density at radius 3 is 2.56 bits per heavy atom. The number of nitrogens with zero attached hydrogens (tertiary/aromatic N) is 1.